The number of amides is 1. The fourth-order valence-corrected chi connectivity index (χ4v) is 5.14. The van der Waals surface area contributed by atoms with E-state index < -0.39 is 5.97 Å². The van der Waals surface area contributed by atoms with E-state index in [4.69, 9.17) is 18.9 Å². The highest BCUT2D eigenvalue weighted by atomic mass is 32.1. The maximum atomic E-state index is 13.0. The van der Waals surface area contributed by atoms with E-state index in [0.717, 1.165) is 36.1 Å². The summed E-state index contributed by atoms with van der Waals surface area (Å²) in [5, 5.41) is 3.42. The smallest absolute Gasteiger partial charge is 0.341 e. The highest BCUT2D eigenvalue weighted by Crippen LogP contribution is 2.42. The fraction of sp³-hybridized carbons (Fsp3) is 0.455. The number of hydrogen-bond acceptors (Lipinski definition) is 7. The summed E-state index contributed by atoms with van der Waals surface area (Å²) in [6.07, 6.45) is 3.86. The molecule has 30 heavy (non-hydrogen) atoms. The zero-order valence-corrected chi connectivity index (χ0v) is 18.7. The van der Waals surface area contributed by atoms with Crippen LogP contribution >= 0.6 is 11.3 Å². The Morgan fingerprint density at radius 1 is 1.10 bits per heavy atom. The molecule has 0 saturated heterocycles. The predicted octanol–water partition coefficient (Wildman–Crippen LogP) is 4.33. The van der Waals surface area contributed by atoms with Gasteiger partial charge in [-0.1, -0.05) is 13.3 Å². The van der Waals surface area contributed by atoms with Gasteiger partial charge in [-0.2, -0.15) is 0 Å². The minimum absolute atomic E-state index is 0.332. The van der Waals surface area contributed by atoms with Crippen molar-refractivity contribution in [3.8, 4) is 17.2 Å². The number of hydrogen-bond donors (Lipinski definition) is 1. The van der Waals surface area contributed by atoms with Crippen molar-refractivity contribution in [1.29, 1.82) is 0 Å². The zero-order valence-electron chi connectivity index (χ0n) is 17.9. The second-order valence-electron chi connectivity index (χ2n) is 7.08. The Morgan fingerprint density at radius 3 is 2.30 bits per heavy atom. The molecule has 0 spiro atoms. The summed E-state index contributed by atoms with van der Waals surface area (Å²) in [4.78, 5) is 26.7. The molecule has 1 aromatic heterocycles. The quantitative estimate of drug-likeness (QED) is 0.655. The number of fused-ring (bicyclic) bond motifs is 1. The van der Waals surface area contributed by atoms with E-state index in [2.05, 4.69) is 12.2 Å². The molecule has 0 fully saturated rings. The van der Waals surface area contributed by atoms with Gasteiger partial charge >= 0.3 is 5.97 Å². The van der Waals surface area contributed by atoms with Crippen LogP contribution < -0.4 is 19.5 Å². The molecule has 1 aliphatic carbocycles. The van der Waals surface area contributed by atoms with Gasteiger partial charge in [-0.05, 0) is 42.9 Å². The number of thiophene rings is 1. The number of carbonyl (C=O) groups is 2. The second-order valence-corrected chi connectivity index (χ2v) is 8.19. The van der Waals surface area contributed by atoms with E-state index in [1.54, 1.807) is 12.1 Å². The second kappa shape index (κ2) is 9.38. The van der Waals surface area contributed by atoms with Crippen molar-refractivity contribution >= 4 is 28.2 Å². The fourth-order valence-electron chi connectivity index (χ4n) is 3.80. The Morgan fingerprint density at radius 2 is 1.77 bits per heavy atom. The van der Waals surface area contributed by atoms with Crippen LogP contribution in [0.5, 0.6) is 17.2 Å². The SMILES string of the molecule is CCC1CCc2c(sc(NC(=O)c3cc(OC)c(OC)c(OC)c3)c2C(=O)OC)C1. The third-order valence-corrected chi connectivity index (χ3v) is 6.66. The summed E-state index contributed by atoms with van der Waals surface area (Å²) in [6, 6.07) is 3.16. The first-order valence-corrected chi connectivity index (χ1v) is 10.6. The van der Waals surface area contributed by atoms with E-state index in [9.17, 15) is 9.59 Å². The lowest BCUT2D eigenvalue weighted by atomic mass is 9.85. The van der Waals surface area contributed by atoms with E-state index >= 15 is 0 Å². The average molecular weight is 434 g/mol. The average Bonchev–Trinajstić information content (AvgIpc) is 3.13. The lowest BCUT2D eigenvalue weighted by Gasteiger charge is -2.20. The number of carbonyl (C=O) groups excluding carboxylic acids is 2. The van der Waals surface area contributed by atoms with E-state index in [-0.39, 0.29) is 5.91 Å². The van der Waals surface area contributed by atoms with Crippen LogP contribution in [-0.2, 0) is 17.6 Å². The highest BCUT2D eigenvalue weighted by molar-refractivity contribution is 7.17. The van der Waals surface area contributed by atoms with Gasteiger partial charge in [-0.3, -0.25) is 4.79 Å². The Balaban J connectivity index is 1.97. The van der Waals surface area contributed by atoms with Gasteiger partial charge in [0.1, 0.15) is 5.00 Å². The minimum atomic E-state index is -0.428. The van der Waals surface area contributed by atoms with Gasteiger partial charge in [0.2, 0.25) is 5.75 Å². The summed E-state index contributed by atoms with van der Waals surface area (Å²) in [5.41, 5.74) is 1.79. The molecule has 0 radical (unpaired) electrons. The molecule has 0 aliphatic heterocycles. The van der Waals surface area contributed by atoms with Crippen LogP contribution in [0.15, 0.2) is 12.1 Å². The molecule has 7 nitrogen and oxygen atoms in total. The van der Waals surface area contributed by atoms with Gasteiger partial charge in [0.25, 0.3) is 5.91 Å². The molecule has 2 aromatic rings. The third kappa shape index (κ3) is 4.09. The van der Waals surface area contributed by atoms with Crippen molar-refractivity contribution in [2.24, 2.45) is 5.92 Å². The number of esters is 1. The Hall–Kier alpha value is -2.74. The number of anilines is 1. The monoisotopic (exact) mass is 433 g/mol. The summed E-state index contributed by atoms with van der Waals surface area (Å²) < 4.78 is 21.0. The Kier molecular flexibility index (Phi) is 6.87. The molecule has 0 saturated carbocycles. The molecule has 1 aromatic carbocycles. The van der Waals surface area contributed by atoms with E-state index in [1.807, 2.05) is 0 Å². The molecule has 0 bridgehead atoms. The van der Waals surface area contributed by atoms with Crippen LogP contribution in [0.3, 0.4) is 0 Å². The zero-order chi connectivity index (χ0) is 21.8. The van der Waals surface area contributed by atoms with Gasteiger partial charge in [0, 0.05) is 10.4 Å². The molecule has 1 aliphatic rings. The van der Waals surface area contributed by atoms with Crippen LogP contribution in [-0.4, -0.2) is 40.3 Å². The summed E-state index contributed by atoms with van der Waals surface area (Å²) in [7, 11) is 5.84. The molecule has 8 heteroatoms. The molecule has 1 N–H and O–H groups in total. The van der Waals surface area contributed by atoms with E-state index in [1.165, 1.54) is 39.8 Å². The van der Waals surface area contributed by atoms with Crippen LogP contribution in [0.2, 0.25) is 0 Å². The Bertz CT molecular complexity index is 926. The maximum Gasteiger partial charge on any atom is 0.341 e. The van der Waals surface area contributed by atoms with Crippen LogP contribution in [0.25, 0.3) is 0 Å². The lowest BCUT2D eigenvalue weighted by molar-refractivity contribution is 0.0601. The first-order chi connectivity index (χ1) is 14.5. The number of rotatable bonds is 7. The highest BCUT2D eigenvalue weighted by Gasteiger charge is 2.30. The van der Waals surface area contributed by atoms with Gasteiger partial charge in [-0.15, -0.1) is 11.3 Å². The summed E-state index contributed by atoms with van der Waals surface area (Å²) in [5.74, 6) is 0.967. The Labute approximate surface area is 180 Å². The standard InChI is InChI=1S/C22H27NO6S/c1-6-12-7-8-14-17(9-12)30-21(18(14)22(25)29-5)23-20(24)13-10-15(26-2)19(28-4)16(11-13)27-3/h10-12H,6-9H2,1-5H3,(H,23,24). The molecular weight excluding hydrogens is 406 g/mol. The van der Waals surface area contributed by atoms with Crippen LogP contribution in [0.4, 0.5) is 5.00 Å². The largest absolute Gasteiger partial charge is 0.493 e. The van der Waals surface area contributed by atoms with Crippen molar-refractivity contribution in [2.75, 3.05) is 33.8 Å². The van der Waals surface area contributed by atoms with Gasteiger partial charge < -0.3 is 24.3 Å². The molecule has 1 amide bonds. The number of nitrogens with one attached hydrogen (secondary N) is 1. The third-order valence-electron chi connectivity index (χ3n) is 5.49. The van der Waals surface area contributed by atoms with Crippen LogP contribution in [0.1, 0.15) is 50.9 Å². The van der Waals surface area contributed by atoms with Crippen LogP contribution in [0, 0.1) is 5.92 Å². The first-order valence-electron chi connectivity index (χ1n) is 9.81. The van der Waals surface area contributed by atoms with Gasteiger partial charge in [0.05, 0.1) is 34.0 Å². The summed E-state index contributed by atoms with van der Waals surface area (Å²) in [6.45, 7) is 2.18. The van der Waals surface area contributed by atoms with Gasteiger partial charge in [-0.25, -0.2) is 4.79 Å². The first kappa shape index (κ1) is 22.0. The van der Waals surface area contributed by atoms with Gasteiger partial charge in [0.15, 0.2) is 11.5 Å². The lowest BCUT2D eigenvalue weighted by Crippen LogP contribution is -2.16. The molecule has 1 heterocycles. The molecule has 3 rings (SSSR count). The molecule has 162 valence electrons. The van der Waals surface area contributed by atoms with Crippen molar-refractivity contribution < 1.29 is 28.5 Å². The van der Waals surface area contributed by atoms with E-state index in [0.29, 0.717) is 39.3 Å². The van der Waals surface area contributed by atoms with Crippen molar-refractivity contribution in [3.63, 3.8) is 0 Å². The molecular formula is C22H27NO6S. The maximum absolute atomic E-state index is 13.0. The minimum Gasteiger partial charge on any atom is -0.493 e. The summed E-state index contributed by atoms with van der Waals surface area (Å²) >= 11 is 1.46. The van der Waals surface area contributed by atoms with Crippen molar-refractivity contribution in [3.05, 3.63) is 33.7 Å². The molecule has 1 atom stereocenters. The normalized spacial score (nSPS) is 15.2. The van der Waals surface area contributed by atoms with Crippen molar-refractivity contribution in [1.82, 2.24) is 0 Å². The number of benzene rings is 1. The molecule has 1 unspecified atom stereocenters. The topological polar surface area (TPSA) is 83.1 Å². The number of methoxy groups -OCH3 is 4. The number of ether oxygens (including phenoxy) is 4. The predicted molar refractivity (Wildman–Crippen MR) is 116 cm³/mol. The van der Waals surface area contributed by atoms with Crippen molar-refractivity contribution in [2.45, 2.75) is 32.6 Å².